The number of hydrogen-bond donors (Lipinski definition) is 2. The van der Waals surface area contributed by atoms with Crippen molar-refractivity contribution in [1.29, 1.82) is 0 Å². The lowest BCUT2D eigenvalue weighted by atomic mass is 9.94. The fraction of sp³-hybridized carbons (Fsp3) is 0.286. The van der Waals surface area contributed by atoms with Gasteiger partial charge in [-0.05, 0) is 59.3 Å². The Labute approximate surface area is 106 Å². The van der Waals surface area contributed by atoms with Crippen LogP contribution in [0.2, 0.25) is 0 Å². The van der Waals surface area contributed by atoms with Crippen molar-refractivity contribution in [1.82, 2.24) is 5.43 Å². The van der Waals surface area contributed by atoms with Crippen LogP contribution < -0.4 is 11.3 Å². The molecular weight excluding hydrogens is 228 g/mol. The zero-order valence-corrected chi connectivity index (χ0v) is 11.1. The number of thiophene rings is 1. The van der Waals surface area contributed by atoms with Crippen molar-refractivity contribution < 1.29 is 0 Å². The lowest BCUT2D eigenvalue weighted by Gasteiger charge is -2.19. The average Bonchev–Trinajstić information content (AvgIpc) is 2.83. The van der Waals surface area contributed by atoms with Crippen molar-refractivity contribution in [3.63, 3.8) is 0 Å². The van der Waals surface area contributed by atoms with Gasteiger partial charge in [-0.2, -0.15) is 11.3 Å². The lowest BCUT2D eigenvalue weighted by molar-refractivity contribution is 0.549. The van der Waals surface area contributed by atoms with Gasteiger partial charge in [-0.15, -0.1) is 0 Å². The topological polar surface area (TPSA) is 38.0 Å². The first-order valence-electron chi connectivity index (χ1n) is 5.75. The lowest BCUT2D eigenvalue weighted by Crippen LogP contribution is -2.30. The Morgan fingerprint density at radius 3 is 2.76 bits per heavy atom. The van der Waals surface area contributed by atoms with Crippen LogP contribution in [0.4, 0.5) is 0 Å². The van der Waals surface area contributed by atoms with E-state index in [0.717, 1.165) is 6.42 Å². The van der Waals surface area contributed by atoms with Crippen molar-refractivity contribution in [2.75, 3.05) is 0 Å². The molecule has 0 aliphatic rings. The highest BCUT2D eigenvalue weighted by Gasteiger charge is 2.13. The Bertz CT molecular complexity index is 477. The van der Waals surface area contributed by atoms with E-state index in [0.29, 0.717) is 0 Å². The Hall–Kier alpha value is -1.16. The number of hydrazine groups is 1. The number of rotatable bonds is 4. The molecule has 0 bridgehead atoms. The van der Waals surface area contributed by atoms with E-state index in [-0.39, 0.29) is 6.04 Å². The summed E-state index contributed by atoms with van der Waals surface area (Å²) in [5, 5.41) is 4.28. The maximum Gasteiger partial charge on any atom is 0.0503 e. The molecule has 1 heterocycles. The molecule has 2 rings (SSSR count). The Morgan fingerprint density at radius 2 is 2.12 bits per heavy atom. The Kier molecular flexibility index (Phi) is 3.94. The number of benzene rings is 1. The standard InChI is InChI=1S/C14H18N2S/c1-10-4-3-5-13(11(10)2)14(16-15)8-12-6-7-17-9-12/h3-7,9,14,16H,8,15H2,1-2H3. The van der Waals surface area contributed by atoms with Gasteiger partial charge >= 0.3 is 0 Å². The Morgan fingerprint density at radius 1 is 1.29 bits per heavy atom. The molecule has 1 aromatic carbocycles. The molecule has 1 aromatic heterocycles. The first-order chi connectivity index (χ1) is 8.22. The zero-order valence-electron chi connectivity index (χ0n) is 10.2. The number of nitrogens with one attached hydrogen (secondary N) is 1. The highest BCUT2D eigenvalue weighted by Crippen LogP contribution is 2.23. The number of aryl methyl sites for hydroxylation is 1. The molecule has 2 nitrogen and oxygen atoms in total. The van der Waals surface area contributed by atoms with Crippen LogP contribution >= 0.6 is 11.3 Å². The highest BCUT2D eigenvalue weighted by molar-refractivity contribution is 7.07. The molecule has 1 atom stereocenters. The molecule has 0 amide bonds. The maximum absolute atomic E-state index is 5.69. The summed E-state index contributed by atoms with van der Waals surface area (Å²) in [6, 6.07) is 8.72. The van der Waals surface area contributed by atoms with Crippen molar-refractivity contribution in [2.24, 2.45) is 5.84 Å². The first kappa shape index (κ1) is 12.3. The second-order valence-electron chi connectivity index (χ2n) is 4.34. The fourth-order valence-corrected chi connectivity index (χ4v) is 2.74. The van der Waals surface area contributed by atoms with Gasteiger partial charge in [0.1, 0.15) is 0 Å². The van der Waals surface area contributed by atoms with Crippen molar-refractivity contribution in [2.45, 2.75) is 26.3 Å². The highest BCUT2D eigenvalue weighted by atomic mass is 32.1. The summed E-state index contributed by atoms with van der Waals surface area (Å²) in [4.78, 5) is 0. The smallest absolute Gasteiger partial charge is 0.0503 e. The van der Waals surface area contributed by atoms with Gasteiger partial charge in [-0.1, -0.05) is 18.2 Å². The molecule has 90 valence electrons. The summed E-state index contributed by atoms with van der Waals surface area (Å²) >= 11 is 1.73. The minimum atomic E-state index is 0.185. The van der Waals surface area contributed by atoms with E-state index >= 15 is 0 Å². The monoisotopic (exact) mass is 246 g/mol. The zero-order chi connectivity index (χ0) is 12.3. The van der Waals surface area contributed by atoms with Crippen molar-refractivity contribution >= 4 is 11.3 Å². The van der Waals surface area contributed by atoms with Gasteiger partial charge in [0.15, 0.2) is 0 Å². The van der Waals surface area contributed by atoms with E-state index in [1.54, 1.807) is 11.3 Å². The summed E-state index contributed by atoms with van der Waals surface area (Å²) in [5.41, 5.74) is 8.19. The predicted octanol–water partition coefficient (Wildman–Crippen LogP) is 3.11. The van der Waals surface area contributed by atoms with E-state index in [9.17, 15) is 0 Å². The summed E-state index contributed by atoms with van der Waals surface area (Å²) < 4.78 is 0. The van der Waals surface area contributed by atoms with E-state index < -0.39 is 0 Å². The SMILES string of the molecule is Cc1cccc(C(Cc2ccsc2)NN)c1C. The molecule has 0 saturated heterocycles. The molecule has 3 N–H and O–H groups in total. The minimum absolute atomic E-state index is 0.185. The van der Waals surface area contributed by atoms with Crippen LogP contribution in [0.3, 0.4) is 0 Å². The average molecular weight is 246 g/mol. The van der Waals surface area contributed by atoms with Crippen LogP contribution in [-0.2, 0) is 6.42 Å². The Balaban J connectivity index is 2.26. The van der Waals surface area contributed by atoms with E-state index in [2.05, 4.69) is 54.3 Å². The van der Waals surface area contributed by atoms with Crippen LogP contribution in [0.1, 0.15) is 28.3 Å². The van der Waals surface area contributed by atoms with Gasteiger partial charge in [0.25, 0.3) is 0 Å². The molecule has 0 saturated carbocycles. The predicted molar refractivity (Wildman–Crippen MR) is 74.0 cm³/mol. The van der Waals surface area contributed by atoms with Gasteiger partial charge < -0.3 is 0 Å². The fourth-order valence-electron chi connectivity index (χ4n) is 2.05. The van der Waals surface area contributed by atoms with Gasteiger partial charge in [0, 0.05) is 0 Å². The maximum atomic E-state index is 5.69. The molecule has 1 unspecified atom stereocenters. The second kappa shape index (κ2) is 5.45. The van der Waals surface area contributed by atoms with E-state index in [1.165, 1.54) is 22.3 Å². The number of nitrogens with two attached hydrogens (primary N) is 1. The third kappa shape index (κ3) is 2.75. The van der Waals surface area contributed by atoms with Crippen molar-refractivity contribution in [3.8, 4) is 0 Å². The van der Waals surface area contributed by atoms with Crippen molar-refractivity contribution in [3.05, 3.63) is 57.3 Å². The van der Waals surface area contributed by atoms with Crippen LogP contribution in [0, 0.1) is 13.8 Å². The summed E-state index contributed by atoms with van der Waals surface area (Å²) in [6.45, 7) is 4.29. The van der Waals surface area contributed by atoms with Gasteiger partial charge in [0.05, 0.1) is 6.04 Å². The molecular formula is C14H18N2S. The normalized spacial score (nSPS) is 12.6. The van der Waals surface area contributed by atoms with Crippen LogP contribution in [0.5, 0.6) is 0 Å². The molecule has 0 fully saturated rings. The summed E-state index contributed by atoms with van der Waals surface area (Å²) in [7, 11) is 0. The van der Waals surface area contributed by atoms with Gasteiger partial charge in [0.2, 0.25) is 0 Å². The quantitative estimate of drug-likeness (QED) is 0.642. The summed E-state index contributed by atoms with van der Waals surface area (Å²) in [5.74, 6) is 5.69. The molecule has 2 aromatic rings. The molecule has 0 radical (unpaired) electrons. The van der Waals surface area contributed by atoms with E-state index in [1.807, 2.05) is 0 Å². The minimum Gasteiger partial charge on any atom is -0.271 e. The van der Waals surface area contributed by atoms with Crippen LogP contribution in [0.25, 0.3) is 0 Å². The summed E-state index contributed by atoms with van der Waals surface area (Å²) in [6.07, 6.45) is 0.935. The third-order valence-electron chi connectivity index (χ3n) is 3.24. The number of hydrogen-bond acceptors (Lipinski definition) is 3. The van der Waals surface area contributed by atoms with Crippen LogP contribution in [0.15, 0.2) is 35.0 Å². The molecule has 0 spiro atoms. The first-order valence-corrected chi connectivity index (χ1v) is 6.70. The van der Waals surface area contributed by atoms with Gasteiger partial charge in [-0.25, -0.2) is 0 Å². The largest absolute Gasteiger partial charge is 0.271 e. The molecule has 3 heteroatoms. The molecule has 17 heavy (non-hydrogen) atoms. The molecule has 0 aliphatic carbocycles. The molecule has 0 aliphatic heterocycles. The van der Waals surface area contributed by atoms with Crippen LogP contribution in [-0.4, -0.2) is 0 Å². The third-order valence-corrected chi connectivity index (χ3v) is 3.98. The van der Waals surface area contributed by atoms with E-state index in [4.69, 9.17) is 5.84 Å². The van der Waals surface area contributed by atoms with Gasteiger partial charge in [-0.3, -0.25) is 11.3 Å². The second-order valence-corrected chi connectivity index (χ2v) is 5.12.